The molecule has 0 aromatic heterocycles. The molecule has 43 heavy (non-hydrogen) atoms. The lowest BCUT2D eigenvalue weighted by molar-refractivity contribution is -0.321. The molecule has 0 amide bonds. The summed E-state index contributed by atoms with van der Waals surface area (Å²) >= 11 is 0. The van der Waals surface area contributed by atoms with Crippen LogP contribution in [-0.2, 0) is 53.0 Å². The second kappa shape index (κ2) is 19.1. The average molecular weight is 592 g/mol. The van der Waals surface area contributed by atoms with Crippen LogP contribution in [0.4, 0.5) is 0 Å². The minimum atomic E-state index is -0.695. The molecule has 10 nitrogen and oxygen atoms in total. The maximum Gasteiger partial charge on any atom is 0.186 e. The molecule has 1 saturated heterocycles. The molecule has 10 heteroatoms. The molecule has 0 bridgehead atoms. The lowest BCUT2D eigenvalue weighted by atomic mass is 9.98. The third-order valence-electron chi connectivity index (χ3n) is 6.86. The molecule has 1 fully saturated rings. The van der Waals surface area contributed by atoms with Crippen LogP contribution < -0.4 is 0 Å². The maximum absolute atomic E-state index is 8.32. The Morgan fingerprint density at radius 1 is 0.605 bits per heavy atom. The first-order valence-electron chi connectivity index (χ1n) is 14.6. The van der Waals surface area contributed by atoms with Crippen LogP contribution in [0.1, 0.15) is 23.6 Å². The number of rotatable bonds is 19. The van der Waals surface area contributed by atoms with Gasteiger partial charge in [-0.1, -0.05) is 96.1 Å². The monoisotopic (exact) mass is 591 g/mol. The molecule has 3 aromatic rings. The molecule has 230 valence electrons. The van der Waals surface area contributed by atoms with Crippen LogP contribution >= 0.6 is 0 Å². The smallest absolute Gasteiger partial charge is 0.186 e. The number of benzene rings is 3. The summed E-state index contributed by atoms with van der Waals surface area (Å²) in [4.78, 5) is 2.70. The van der Waals surface area contributed by atoms with Gasteiger partial charge in [0, 0.05) is 11.5 Å². The SMILES string of the molecule is C[C@@H]1O[C@H](OCCOCCOCCN=[N+]=[N-])[C@@H](OCc2ccccc2)[C@H](OCc2ccccc2)[C@@H]1OCc1ccccc1. The van der Waals surface area contributed by atoms with Gasteiger partial charge in [0.2, 0.25) is 0 Å². The molecule has 0 aliphatic carbocycles. The minimum Gasteiger partial charge on any atom is -0.379 e. The van der Waals surface area contributed by atoms with Gasteiger partial charge < -0.3 is 33.2 Å². The van der Waals surface area contributed by atoms with E-state index in [1.807, 2.05) is 97.9 Å². The van der Waals surface area contributed by atoms with Gasteiger partial charge in [0.05, 0.1) is 59.0 Å². The van der Waals surface area contributed by atoms with E-state index in [0.717, 1.165) is 16.7 Å². The topological polar surface area (TPSA) is 113 Å². The molecule has 0 saturated carbocycles. The number of hydrogen-bond acceptors (Lipinski definition) is 8. The van der Waals surface area contributed by atoms with Gasteiger partial charge in [-0.15, -0.1) is 0 Å². The standard InChI is InChI=1S/C33H41N3O7/c1-26-30(40-23-27-11-5-2-6-12-27)31(41-24-28-13-7-3-8-14-28)32(42-25-29-15-9-4-10-16-29)33(43-26)39-22-21-38-20-19-37-18-17-35-36-34/h2-16,26,30-33H,17-25H2,1H3/t26-,30+,31+,32-,33-/m0/s1. The number of nitrogens with zero attached hydrogens (tertiary/aromatic N) is 3. The Hall–Kier alpha value is -3.31. The minimum absolute atomic E-state index is 0.294. The third kappa shape index (κ3) is 11.4. The first-order valence-corrected chi connectivity index (χ1v) is 14.6. The highest BCUT2D eigenvalue weighted by molar-refractivity contribution is 5.15. The first-order chi connectivity index (χ1) is 21.2. The van der Waals surface area contributed by atoms with Gasteiger partial charge >= 0.3 is 0 Å². The van der Waals surface area contributed by atoms with Gasteiger partial charge in [0.15, 0.2) is 6.29 Å². The normalized spacial score (nSPS) is 21.7. The molecule has 1 heterocycles. The number of azide groups is 1. The van der Waals surface area contributed by atoms with Crippen LogP contribution in [0.5, 0.6) is 0 Å². The second-order valence-corrected chi connectivity index (χ2v) is 10.0. The first kappa shape index (κ1) is 32.6. The molecule has 4 rings (SSSR count). The molecule has 0 radical (unpaired) electrons. The molecule has 1 aliphatic rings. The van der Waals surface area contributed by atoms with Gasteiger partial charge in [-0.3, -0.25) is 0 Å². The fraction of sp³-hybridized carbons (Fsp3) is 0.455. The van der Waals surface area contributed by atoms with Crippen molar-refractivity contribution in [1.82, 2.24) is 0 Å². The number of hydrogen-bond donors (Lipinski definition) is 0. The lowest BCUT2D eigenvalue weighted by Crippen LogP contribution is -2.60. The summed E-state index contributed by atoms with van der Waals surface area (Å²) in [5, 5.41) is 3.44. The zero-order chi connectivity index (χ0) is 30.0. The van der Waals surface area contributed by atoms with Crippen molar-refractivity contribution in [3.05, 3.63) is 118 Å². The van der Waals surface area contributed by atoms with Crippen molar-refractivity contribution < 1.29 is 33.2 Å². The van der Waals surface area contributed by atoms with Gasteiger partial charge in [-0.2, -0.15) is 0 Å². The maximum atomic E-state index is 8.32. The predicted molar refractivity (Wildman–Crippen MR) is 161 cm³/mol. The van der Waals surface area contributed by atoms with Crippen molar-refractivity contribution in [3.63, 3.8) is 0 Å². The largest absolute Gasteiger partial charge is 0.379 e. The van der Waals surface area contributed by atoms with E-state index in [0.29, 0.717) is 59.4 Å². The van der Waals surface area contributed by atoms with Crippen molar-refractivity contribution in [2.75, 3.05) is 39.6 Å². The van der Waals surface area contributed by atoms with E-state index in [-0.39, 0.29) is 6.10 Å². The summed E-state index contributed by atoms with van der Waals surface area (Å²) in [7, 11) is 0. The van der Waals surface area contributed by atoms with E-state index < -0.39 is 24.6 Å². The van der Waals surface area contributed by atoms with Gasteiger partial charge in [-0.25, -0.2) is 0 Å². The van der Waals surface area contributed by atoms with Crippen LogP contribution in [0, 0.1) is 0 Å². The molecular formula is C33H41N3O7. The molecule has 5 atom stereocenters. The molecule has 0 spiro atoms. The number of ether oxygens (including phenoxy) is 7. The van der Waals surface area contributed by atoms with Gasteiger partial charge in [-0.05, 0) is 29.1 Å². The average Bonchev–Trinajstić information content (AvgIpc) is 3.05. The molecule has 0 N–H and O–H groups in total. The molecule has 3 aromatic carbocycles. The summed E-state index contributed by atoms with van der Waals surface area (Å²) in [5.74, 6) is 0. The summed E-state index contributed by atoms with van der Waals surface area (Å²) in [5.41, 5.74) is 11.5. The van der Waals surface area contributed by atoms with Crippen molar-refractivity contribution >= 4 is 0 Å². The predicted octanol–water partition coefficient (Wildman–Crippen LogP) is 5.85. The zero-order valence-electron chi connectivity index (χ0n) is 24.6. The fourth-order valence-corrected chi connectivity index (χ4v) is 4.70. The summed E-state index contributed by atoms with van der Waals surface area (Å²) in [6.45, 7) is 5.24. The quantitative estimate of drug-likeness (QED) is 0.0744. The summed E-state index contributed by atoms with van der Waals surface area (Å²) in [6.07, 6.45) is -2.45. The van der Waals surface area contributed by atoms with Crippen molar-refractivity contribution in [2.24, 2.45) is 5.11 Å². The highest BCUT2D eigenvalue weighted by atomic mass is 16.7. The van der Waals surface area contributed by atoms with E-state index in [1.54, 1.807) is 0 Å². The fourth-order valence-electron chi connectivity index (χ4n) is 4.70. The Bertz CT molecular complexity index is 1200. The summed E-state index contributed by atoms with van der Waals surface area (Å²) in [6, 6.07) is 30.1. The highest BCUT2D eigenvalue weighted by Gasteiger charge is 2.47. The van der Waals surface area contributed by atoms with Crippen molar-refractivity contribution in [3.8, 4) is 0 Å². The Kier molecular flexibility index (Phi) is 14.5. The Balaban J connectivity index is 1.42. The van der Waals surface area contributed by atoms with E-state index in [9.17, 15) is 0 Å². The van der Waals surface area contributed by atoms with Gasteiger partial charge in [0.25, 0.3) is 0 Å². The Labute approximate surface area is 253 Å². The molecule has 0 unspecified atom stereocenters. The summed E-state index contributed by atoms with van der Waals surface area (Å²) < 4.78 is 43.2. The van der Waals surface area contributed by atoms with Crippen LogP contribution in [-0.4, -0.2) is 70.3 Å². The van der Waals surface area contributed by atoms with Crippen molar-refractivity contribution in [1.29, 1.82) is 0 Å². The van der Waals surface area contributed by atoms with Crippen LogP contribution in [0.25, 0.3) is 10.4 Å². The van der Waals surface area contributed by atoms with E-state index >= 15 is 0 Å². The second-order valence-electron chi connectivity index (χ2n) is 10.0. The lowest BCUT2D eigenvalue weighted by Gasteiger charge is -2.45. The Morgan fingerprint density at radius 2 is 1.07 bits per heavy atom. The van der Waals surface area contributed by atoms with Crippen LogP contribution in [0.2, 0.25) is 0 Å². The molecular weight excluding hydrogens is 550 g/mol. The van der Waals surface area contributed by atoms with Crippen LogP contribution in [0.3, 0.4) is 0 Å². The van der Waals surface area contributed by atoms with Gasteiger partial charge in [0.1, 0.15) is 18.3 Å². The zero-order valence-corrected chi connectivity index (χ0v) is 24.6. The van der Waals surface area contributed by atoms with E-state index in [4.69, 9.17) is 38.7 Å². The molecule has 1 aliphatic heterocycles. The van der Waals surface area contributed by atoms with E-state index in [2.05, 4.69) is 10.0 Å². The Morgan fingerprint density at radius 3 is 1.60 bits per heavy atom. The third-order valence-corrected chi connectivity index (χ3v) is 6.86. The highest BCUT2D eigenvalue weighted by Crippen LogP contribution is 2.31. The van der Waals surface area contributed by atoms with E-state index in [1.165, 1.54) is 0 Å². The van der Waals surface area contributed by atoms with Crippen molar-refractivity contribution in [2.45, 2.75) is 57.5 Å². The van der Waals surface area contributed by atoms with Crippen LogP contribution in [0.15, 0.2) is 96.1 Å².